The lowest BCUT2D eigenvalue weighted by molar-refractivity contribution is 0.0956. The summed E-state index contributed by atoms with van der Waals surface area (Å²) in [6.07, 6.45) is 4.59. The molecular weight excluding hydrogens is 382 g/mol. The molecule has 0 saturated carbocycles. The van der Waals surface area contributed by atoms with Crippen molar-refractivity contribution in [3.63, 3.8) is 0 Å². The Kier molecular flexibility index (Phi) is 5.65. The van der Waals surface area contributed by atoms with Crippen molar-refractivity contribution in [3.8, 4) is 11.1 Å². The van der Waals surface area contributed by atoms with Crippen molar-refractivity contribution in [1.29, 1.82) is 0 Å². The predicted octanol–water partition coefficient (Wildman–Crippen LogP) is 5.59. The molecule has 0 aliphatic heterocycles. The first-order valence-corrected chi connectivity index (χ1v) is 10.2. The largest absolute Gasteiger partial charge is 0.381 e. The summed E-state index contributed by atoms with van der Waals surface area (Å²) in [7, 11) is 0. The average Bonchev–Trinajstić information content (AvgIpc) is 3.18. The minimum absolute atomic E-state index is 0.248. The van der Waals surface area contributed by atoms with Crippen LogP contribution in [0.25, 0.3) is 16.8 Å². The van der Waals surface area contributed by atoms with Gasteiger partial charge in [-0.05, 0) is 42.7 Å². The third kappa shape index (κ3) is 4.04. The van der Waals surface area contributed by atoms with Crippen LogP contribution in [0.1, 0.15) is 25.1 Å². The molecule has 1 unspecified atom stereocenters. The number of nitrogens with zero attached hydrogens (tertiary/aromatic N) is 3. The molecule has 4 aromatic rings. The van der Waals surface area contributed by atoms with Gasteiger partial charge in [0.15, 0.2) is 5.65 Å². The highest BCUT2D eigenvalue weighted by Gasteiger charge is 2.31. The number of benzene rings is 2. The molecule has 0 bridgehead atoms. The number of ether oxygens (including phenoxy) is 1. The number of aromatic nitrogens is 3. The minimum atomic E-state index is -0.248. The van der Waals surface area contributed by atoms with Crippen molar-refractivity contribution in [2.75, 3.05) is 13.2 Å². The molecule has 2 aromatic carbocycles. The van der Waals surface area contributed by atoms with E-state index in [-0.39, 0.29) is 5.41 Å². The van der Waals surface area contributed by atoms with E-state index in [4.69, 9.17) is 21.4 Å². The van der Waals surface area contributed by atoms with Crippen LogP contribution in [-0.4, -0.2) is 27.8 Å². The number of hydrogen-bond donors (Lipinski definition) is 0. The smallest absolute Gasteiger partial charge is 0.163 e. The average molecular weight is 406 g/mol. The second-order valence-electron chi connectivity index (χ2n) is 7.49. The quantitative estimate of drug-likeness (QED) is 0.402. The Labute approximate surface area is 176 Å². The van der Waals surface area contributed by atoms with E-state index in [1.54, 1.807) is 0 Å². The number of rotatable bonds is 7. The summed E-state index contributed by atoms with van der Waals surface area (Å²) < 4.78 is 7.85. The number of fused-ring (bicyclic) bond motifs is 1. The van der Waals surface area contributed by atoms with E-state index in [1.807, 2.05) is 60.2 Å². The molecular formula is C24H24ClN3O. The van der Waals surface area contributed by atoms with Crippen LogP contribution in [0.15, 0.2) is 73.1 Å². The standard InChI is InChI=1S/C24H24ClN3O/c1-3-29-17-24(2,15-18-7-5-4-6-8-18)22-13-14-26-23-21(16-27-28(22)23)19-9-11-20(25)12-10-19/h4-14,16H,3,15,17H2,1-2H3. The van der Waals surface area contributed by atoms with E-state index in [2.05, 4.69) is 36.2 Å². The normalized spacial score (nSPS) is 13.5. The minimum Gasteiger partial charge on any atom is -0.381 e. The Morgan fingerprint density at radius 2 is 1.79 bits per heavy atom. The summed E-state index contributed by atoms with van der Waals surface area (Å²) in [4.78, 5) is 4.63. The second-order valence-corrected chi connectivity index (χ2v) is 7.93. The van der Waals surface area contributed by atoms with Gasteiger partial charge in [0.2, 0.25) is 0 Å². The van der Waals surface area contributed by atoms with E-state index in [0.717, 1.165) is 28.9 Å². The van der Waals surface area contributed by atoms with Gasteiger partial charge in [0, 0.05) is 28.8 Å². The highest BCUT2D eigenvalue weighted by atomic mass is 35.5. The van der Waals surface area contributed by atoms with Gasteiger partial charge in [-0.15, -0.1) is 0 Å². The summed E-state index contributed by atoms with van der Waals surface area (Å²) in [6.45, 7) is 5.53. The maximum absolute atomic E-state index is 6.05. The lowest BCUT2D eigenvalue weighted by atomic mass is 9.81. The molecule has 0 N–H and O–H groups in total. The molecule has 1 atom stereocenters. The molecule has 0 aliphatic rings. The number of hydrogen-bond acceptors (Lipinski definition) is 3. The fraction of sp³-hybridized carbons (Fsp3) is 0.250. The van der Waals surface area contributed by atoms with E-state index in [1.165, 1.54) is 5.56 Å². The predicted molar refractivity (Wildman–Crippen MR) is 117 cm³/mol. The zero-order valence-electron chi connectivity index (χ0n) is 16.7. The van der Waals surface area contributed by atoms with E-state index >= 15 is 0 Å². The molecule has 0 aliphatic carbocycles. The first-order chi connectivity index (χ1) is 14.1. The SMILES string of the molecule is CCOCC(C)(Cc1ccccc1)c1ccnc2c(-c3ccc(Cl)cc3)cnn12. The molecule has 4 rings (SSSR count). The maximum atomic E-state index is 6.05. The van der Waals surface area contributed by atoms with Crippen LogP contribution in [0.3, 0.4) is 0 Å². The fourth-order valence-electron chi connectivity index (χ4n) is 3.77. The molecule has 0 amide bonds. The van der Waals surface area contributed by atoms with Gasteiger partial charge in [0.1, 0.15) is 0 Å². The molecule has 0 spiro atoms. The van der Waals surface area contributed by atoms with E-state index in [0.29, 0.717) is 18.2 Å². The molecule has 0 saturated heterocycles. The van der Waals surface area contributed by atoms with Gasteiger partial charge < -0.3 is 4.74 Å². The zero-order chi connectivity index (χ0) is 20.3. The van der Waals surface area contributed by atoms with Crippen LogP contribution in [0.2, 0.25) is 5.02 Å². The van der Waals surface area contributed by atoms with Gasteiger partial charge >= 0.3 is 0 Å². The van der Waals surface area contributed by atoms with Crippen molar-refractivity contribution in [2.45, 2.75) is 25.7 Å². The summed E-state index contributed by atoms with van der Waals surface area (Å²) in [5.41, 5.74) is 4.97. The van der Waals surface area contributed by atoms with Crippen LogP contribution in [-0.2, 0) is 16.6 Å². The highest BCUT2D eigenvalue weighted by molar-refractivity contribution is 6.30. The Balaban J connectivity index is 1.80. The molecule has 5 heteroatoms. The molecule has 4 nitrogen and oxygen atoms in total. The molecule has 2 aromatic heterocycles. The molecule has 148 valence electrons. The zero-order valence-corrected chi connectivity index (χ0v) is 17.4. The van der Waals surface area contributed by atoms with Crippen LogP contribution in [0.4, 0.5) is 0 Å². The van der Waals surface area contributed by atoms with Crippen LogP contribution in [0.5, 0.6) is 0 Å². The van der Waals surface area contributed by atoms with Gasteiger partial charge in [0.25, 0.3) is 0 Å². The first-order valence-electron chi connectivity index (χ1n) is 9.81. The summed E-state index contributed by atoms with van der Waals surface area (Å²) >= 11 is 6.05. The Hall–Kier alpha value is -2.69. The summed E-state index contributed by atoms with van der Waals surface area (Å²) in [5, 5.41) is 5.41. The van der Waals surface area contributed by atoms with Crippen molar-refractivity contribution in [2.24, 2.45) is 0 Å². The van der Waals surface area contributed by atoms with Gasteiger partial charge in [-0.3, -0.25) is 0 Å². The van der Waals surface area contributed by atoms with E-state index in [9.17, 15) is 0 Å². The Bertz CT molecular complexity index is 1090. The van der Waals surface area contributed by atoms with Crippen LogP contribution in [0, 0.1) is 0 Å². The van der Waals surface area contributed by atoms with Crippen molar-refractivity contribution < 1.29 is 4.74 Å². The first kappa shape index (κ1) is 19.6. The Morgan fingerprint density at radius 3 is 2.52 bits per heavy atom. The third-order valence-corrected chi connectivity index (χ3v) is 5.49. The van der Waals surface area contributed by atoms with Crippen LogP contribution >= 0.6 is 11.6 Å². The van der Waals surface area contributed by atoms with Crippen molar-refractivity contribution in [1.82, 2.24) is 14.6 Å². The highest BCUT2D eigenvalue weighted by Crippen LogP contribution is 2.32. The third-order valence-electron chi connectivity index (χ3n) is 5.24. The van der Waals surface area contributed by atoms with Gasteiger partial charge in [0.05, 0.1) is 18.5 Å². The summed E-state index contributed by atoms with van der Waals surface area (Å²) in [6, 6.07) is 20.3. The monoisotopic (exact) mass is 405 g/mol. The molecule has 0 fully saturated rings. The van der Waals surface area contributed by atoms with Gasteiger partial charge in [-0.1, -0.05) is 61.0 Å². The molecule has 2 heterocycles. The van der Waals surface area contributed by atoms with Crippen molar-refractivity contribution in [3.05, 3.63) is 89.3 Å². The second kappa shape index (κ2) is 8.36. The molecule has 0 radical (unpaired) electrons. The lowest BCUT2D eigenvalue weighted by Gasteiger charge is -2.30. The van der Waals surface area contributed by atoms with Crippen LogP contribution < -0.4 is 0 Å². The van der Waals surface area contributed by atoms with E-state index < -0.39 is 0 Å². The fourth-order valence-corrected chi connectivity index (χ4v) is 3.90. The Morgan fingerprint density at radius 1 is 1.03 bits per heavy atom. The van der Waals surface area contributed by atoms with Gasteiger partial charge in [-0.2, -0.15) is 5.10 Å². The van der Waals surface area contributed by atoms with Gasteiger partial charge in [-0.25, -0.2) is 9.50 Å². The topological polar surface area (TPSA) is 39.4 Å². The maximum Gasteiger partial charge on any atom is 0.163 e. The van der Waals surface area contributed by atoms with Crippen molar-refractivity contribution >= 4 is 17.2 Å². The number of halogens is 1. The molecule has 29 heavy (non-hydrogen) atoms. The lowest BCUT2D eigenvalue weighted by Crippen LogP contribution is -2.33. The summed E-state index contributed by atoms with van der Waals surface area (Å²) in [5.74, 6) is 0.